The van der Waals surface area contributed by atoms with Gasteiger partial charge in [-0.2, -0.15) is 0 Å². The molecule has 1 aliphatic heterocycles. The van der Waals surface area contributed by atoms with Crippen LogP contribution in [-0.4, -0.2) is 35.8 Å². The molecule has 0 bridgehead atoms. The summed E-state index contributed by atoms with van der Waals surface area (Å²) in [5, 5.41) is 5.42. The van der Waals surface area contributed by atoms with Crippen LogP contribution in [0.1, 0.15) is 31.8 Å². The highest BCUT2D eigenvalue weighted by atomic mass is 16.2. The number of nitrogens with zero attached hydrogens (tertiary/aromatic N) is 1. The first-order valence-electron chi connectivity index (χ1n) is 8.09. The molecule has 0 spiro atoms. The van der Waals surface area contributed by atoms with Crippen molar-refractivity contribution in [2.45, 2.75) is 13.5 Å². The number of benzene rings is 2. The summed E-state index contributed by atoms with van der Waals surface area (Å²) in [6, 6.07) is 14.3. The molecule has 128 valence electrons. The highest BCUT2D eigenvalue weighted by Crippen LogP contribution is 2.21. The molecule has 2 aromatic rings. The van der Waals surface area contributed by atoms with Crippen molar-refractivity contribution in [1.82, 2.24) is 15.5 Å². The number of nitrogens with one attached hydrogen (secondary N) is 2. The van der Waals surface area contributed by atoms with E-state index in [1.807, 2.05) is 31.2 Å². The number of fused-ring (bicyclic) bond motifs is 1. The summed E-state index contributed by atoms with van der Waals surface area (Å²) < 4.78 is 0. The van der Waals surface area contributed by atoms with E-state index in [2.05, 4.69) is 10.6 Å². The van der Waals surface area contributed by atoms with E-state index < -0.39 is 0 Å². The van der Waals surface area contributed by atoms with E-state index in [4.69, 9.17) is 0 Å². The van der Waals surface area contributed by atoms with Crippen LogP contribution in [0, 0.1) is 6.92 Å². The van der Waals surface area contributed by atoms with Gasteiger partial charge < -0.3 is 10.6 Å². The van der Waals surface area contributed by atoms with Crippen molar-refractivity contribution in [3.63, 3.8) is 0 Å². The van der Waals surface area contributed by atoms with E-state index >= 15 is 0 Å². The Hall–Kier alpha value is -3.15. The van der Waals surface area contributed by atoms with Gasteiger partial charge in [0.15, 0.2) is 0 Å². The minimum absolute atomic E-state index is 0.143. The quantitative estimate of drug-likeness (QED) is 0.820. The van der Waals surface area contributed by atoms with E-state index in [1.54, 1.807) is 24.3 Å². The normalized spacial score (nSPS) is 12.9. The molecule has 0 saturated heterocycles. The lowest BCUT2D eigenvalue weighted by atomic mass is 10.1. The number of imide groups is 1. The maximum Gasteiger partial charge on any atom is 0.315 e. The first-order valence-corrected chi connectivity index (χ1v) is 8.09. The molecule has 4 amide bonds. The van der Waals surface area contributed by atoms with Crippen LogP contribution < -0.4 is 10.6 Å². The van der Waals surface area contributed by atoms with Crippen LogP contribution in [-0.2, 0) is 6.54 Å². The Balaban J connectivity index is 1.46. The first-order chi connectivity index (χ1) is 12.1. The van der Waals surface area contributed by atoms with Crippen LogP contribution >= 0.6 is 0 Å². The van der Waals surface area contributed by atoms with Crippen LogP contribution in [0.2, 0.25) is 0 Å². The van der Waals surface area contributed by atoms with Crippen LogP contribution in [0.25, 0.3) is 0 Å². The highest BCUT2D eigenvalue weighted by molar-refractivity contribution is 6.21. The van der Waals surface area contributed by atoms with Gasteiger partial charge in [-0.05, 0) is 24.6 Å². The molecule has 2 N–H and O–H groups in total. The predicted octanol–water partition coefficient (Wildman–Crippen LogP) is 2.09. The summed E-state index contributed by atoms with van der Waals surface area (Å²) >= 11 is 0. The molecule has 1 aliphatic rings. The SMILES string of the molecule is Cc1cccc(CNC(=O)NCCN2C(=O)c3ccccc3C2=O)c1. The monoisotopic (exact) mass is 337 g/mol. The average molecular weight is 337 g/mol. The molecule has 0 aliphatic carbocycles. The zero-order chi connectivity index (χ0) is 17.8. The van der Waals surface area contributed by atoms with Crippen molar-refractivity contribution >= 4 is 17.8 Å². The molecule has 3 rings (SSSR count). The largest absolute Gasteiger partial charge is 0.336 e. The smallest absolute Gasteiger partial charge is 0.315 e. The lowest BCUT2D eigenvalue weighted by molar-refractivity contribution is 0.0656. The summed E-state index contributed by atoms with van der Waals surface area (Å²) in [7, 11) is 0. The van der Waals surface area contributed by atoms with Gasteiger partial charge >= 0.3 is 6.03 Å². The summed E-state index contributed by atoms with van der Waals surface area (Å²) in [4.78, 5) is 37.4. The molecule has 0 atom stereocenters. The molecule has 0 radical (unpaired) electrons. The number of amides is 4. The second-order valence-corrected chi connectivity index (χ2v) is 5.91. The number of aryl methyl sites for hydroxylation is 1. The minimum atomic E-state index is -0.335. The molecule has 6 nitrogen and oxygen atoms in total. The van der Waals surface area contributed by atoms with Gasteiger partial charge in [0.2, 0.25) is 0 Å². The first kappa shape index (κ1) is 16.7. The third kappa shape index (κ3) is 3.68. The maximum absolute atomic E-state index is 12.2. The fourth-order valence-corrected chi connectivity index (χ4v) is 2.79. The van der Waals surface area contributed by atoms with Crippen LogP contribution in [0.3, 0.4) is 0 Å². The molecular formula is C19H19N3O3. The number of carbonyl (C=O) groups excluding carboxylic acids is 3. The number of carbonyl (C=O) groups is 3. The number of hydrogen-bond acceptors (Lipinski definition) is 3. The Morgan fingerprint density at radius 1 is 0.960 bits per heavy atom. The number of rotatable bonds is 5. The number of hydrogen-bond donors (Lipinski definition) is 2. The van der Waals surface area contributed by atoms with E-state index in [0.717, 1.165) is 16.0 Å². The summed E-state index contributed by atoms with van der Waals surface area (Å²) in [6.45, 7) is 2.75. The molecule has 0 aromatic heterocycles. The maximum atomic E-state index is 12.2. The Labute approximate surface area is 145 Å². The van der Waals surface area contributed by atoms with Gasteiger partial charge in [-0.25, -0.2) is 4.79 Å². The van der Waals surface area contributed by atoms with Gasteiger partial charge in [-0.3, -0.25) is 14.5 Å². The van der Waals surface area contributed by atoms with Gasteiger partial charge in [0.05, 0.1) is 11.1 Å². The van der Waals surface area contributed by atoms with E-state index in [0.29, 0.717) is 17.7 Å². The summed E-state index contributed by atoms with van der Waals surface area (Å²) in [5.74, 6) is -0.634. The Bertz CT molecular complexity index is 797. The fourth-order valence-electron chi connectivity index (χ4n) is 2.79. The van der Waals surface area contributed by atoms with Gasteiger partial charge in [-0.15, -0.1) is 0 Å². The van der Waals surface area contributed by atoms with Crippen molar-refractivity contribution in [1.29, 1.82) is 0 Å². The lowest BCUT2D eigenvalue weighted by Crippen LogP contribution is -2.41. The highest BCUT2D eigenvalue weighted by Gasteiger charge is 2.34. The third-order valence-electron chi connectivity index (χ3n) is 4.03. The minimum Gasteiger partial charge on any atom is -0.336 e. The predicted molar refractivity (Wildman–Crippen MR) is 93.2 cm³/mol. The van der Waals surface area contributed by atoms with Crippen LogP contribution in [0.5, 0.6) is 0 Å². The molecule has 0 saturated carbocycles. The van der Waals surface area contributed by atoms with Crippen molar-refractivity contribution in [2.24, 2.45) is 0 Å². The standard InChI is InChI=1S/C19H19N3O3/c1-13-5-4-6-14(11-13)12-21-19(25)20-9-10-22-17(23)15-7-2-3-8-16(15)18(22)24/h2-8,11H,9-10,12H2,1H3,(H2,20,21,25). The molecule has 2 aromatic carbocycles. The Morgan fingerprint density at radius 3 is 2.28 bits per heavy atom. The molecular weight excluding hydrogens is 318 g/mol. The van der Waals surface area contributed by atoms with Crippen molar-refractivity contribution in [2.75, 3.05) is 13.1 Å². The average Bonchev–Trinajstić information content (AvgIpc) is 2.85. The molecule has 6 heteroatoms. The van der Waals surface area contributed by atoms with Crippen LogP contribution in [0.4, 0.5) is 4.79 Å². The van der Waals surface area contributed by atoms with Gasteiger partial charge in [0.25, 0.3) is 11.8 Å². The van der Waals surface area contributed by atoms with E-state index in [1.165, 1.54) is 0 Å². The second kappa shape index (κ2) is 7.17. The Kier molecular flexibility index (Phi) is 4.79. The summed E-state index contributed by atoms with van der Waals surface area (Å²) in [5.41, 5.74) is 2.97. The van der Waals surface area contributed by atoms with Gasteiger partial charge in [0, 0.05) is 19.6 Å². The lowest BCUT2D eigenvalue weighted by Gasteiger charge is -2.14. The van der Waals surface area contributed by atoms with Gasteiger partial charge in [0.1, 0.15) is 0 Å². The zero-order valence-electron chi connectivity index (χ0n) is 13.9. The second-order valence-electron chi connectivity index (χ2n) is 5.91. The Morgan fingerprint density at radius 2 is 1.64 bits per heavy atom. The zero-order valence-corrected chi connectivity index (χ0v) is 13.9. The van der Waals surface area contributed by atoms with Crippen molar-refractivity contribution < 1.29 is 14.4 Å². The topological polar surface area (TPSA) is 78.5 Å². The van der Waals surface area contributed by atoms with Crippen molar-refractivity contribution in [3.8, 4) is 0 Å². The molecule has 0 unspecified atom stereocenters. The van der Waals surface area contributed by atoms with Crippen molar-refractivity contribution in [3.05, 3.63) is 70.8 Å². The van der Waals surface area contributed by atoms with Gasteiger partial charge in [-0.1, -0.05) is 42.0 Å². The molecule has 0 fully saturated rings. The summed E-state index contributed by atoms with van der Waals surface area (Å²) in [6.07, 6.45) is 0. The molecule has 25 heavy (non-hydrogen) atoms. The fraction of sp³-hybridized carbons (Fsp3) is 0.211. The van der Waals surface area contributed by atoms with E-state index in [-0.39, 0.29) is 30.9 Å². The van der Waals surface area contributed by atoms with E-state index in [9.17, 15) is 14.4 Å². The number of urea groups is 1. The molecule has 1 heterocycles. The van der Waals surface area contributed by atoms with Crippen LogP contribution in [0.15, 0.2) is 48.5 Å². The third-order valence-corrected chi connectivity index (χ3v) is 4.03.